The van der Waals surface area contributed by atoms with E-state index in [-0.39, 0.29) is 40.8 Å². The lowest BCUT2D eigenvalue weighted by Gasteiger charge is -2.60. The Balaban J connectivity index is 0.000000154. The van der Waals surface area contributed by atoms with E-state index in [1.807, 2.05) is 6.92 Å². The van der Waals surface area contributed by atoms with Crippen molar-refractivity contribution in [2.75, 3.05) is 0 Å². The number of carbonyl (C=O) groups excluding carboxylic acids is 3. The number of aliphatic hydroxyl groups is 1. The second-order valence-electron chi connectivity index (χ2n) is 20.0. The first kappa shape index (κ1) is 35.2. The molecule has 0 heterocycles. The molecule has 8 aliphatic rings. The fourth-order valence-electron chi connectivity index (χ4n) is 15.2. The van der Waals surface area contributed by atoms with Gasteiger partial charge in [0, 0.05) is 36.5 Å². The van der Waals surface area contributed by atoms with E-state index >= 15 is 0 Å². The van der Waals surface area contributed by atoms with E-state index in [4.69, 9.17) is 4.74 Å². The van der Waals surface area contributed by atoms with E-state index in [1.54, 1.807) is 0 Å². The molecule has 0 aromatic rings. The number of Topliss-reactive ketones (excluding diaryl/α,β-unsaturated/α-hetero) is 2. The van der Waals surface area contributed by atoms with Crippen LogP contribution in [0.15, 0.2) is 0 Å². The highest BCUT2D eigenvalue weighted by Crippen LogP contribution is 2.68. The molecule has 0 aromatic heterocycles. The smallest absolute Gasteiger partial charge is 0.305 e. The number of esters is 1. The van der Waals surface area contributed by atoms with Crippen LogP contribution >= 0.6 is 0 Å². The van der Waals surface area contributed by atoms with Crippen LogP contribution in [-0.2, 0) is 19.1 Å². The van der Waals surface area contributed by atoms with Crippen LogP contribution in [0, 0.1) is 80.8 Å². The average molecular weight is 665 g/mol. The molecule has 0 bridgehead atoms. The Labute approximate surface area is 291 Å². The fraction of sp³-hybridized carbons (Fsp3) is 0.930. The van der Waals surface area contributed by atoms with Gasteiger partial charge in [-0.2, -0.15) is 0 Å². The summed E-state index contributed by atoms with van der Waals surface area (Å²) < 4.78 is 5.89. The predicted molar refractivity (Wildman–Crippen MR) is 189 cm³/mol. The van der Waals surface area contributed by atoms with Crippen LogP contribution in [0.2, 0.25) is 0 Å². The molecule has 48 heavy (non-hydrogen) atoms. The molecule has 8 saturated carbocycles. The molecular formula is C43H68O5. The largest absolute Gasteiger partial charge is 0.462 e. The van der Waals surface area contributed by atoms with Crippen LogP contribution in [0.4, 0.5) is 0 Å². The van der Waals surface area contributed by atoms with Gasteiger partial charge >= 0.3 is 5.97 Å². The zero-order valence-corrected chi connectivity index (χ0v) is 31.5. The molecule has 0 spiro atoms. The molecular weight excluding hydrogens is 596 g/mol. The highest BCUT2D eigenvalue weighted by atomic mass is 16.5. The molecule has 270 valence electrons. The number of ether oxygens (including phenoxy) is 1. The first-order valence-corrected chi connectivity index (χ1v) is 20.6. The Hall–Kier alpha value is -1.23. The third-order valence-corrected chi connectivity index (χ3v) is 18.0. The van der Waals surface area contributed by atoms with E-state index in [1.165, 1.54) is 64.2 Å². The lowest BCUT2D eigenvalue weighted by Crippen LogP contribution is -2.55. The monoisotopic (exact) mass is 665 g/mol. The van der Waals surface area contributed by atoms with Gasteiger partial charge in [-0.1, -0.05) is 48.5 Å². The van der Waals surface area contributed by atoms with Gasteiger partial charge in [0.25, 0.3) is 0 Å². The first-order chi connectivity index (χ1) is 22.7. The van der Waals surface area contributed by atoms with Crippen LogP contribution in [0.5, 0.6) is 0 Å². The van der Waals surface area contributed by atoms with Gasteiger partial charge in [0.2, 0.25) is 0 Å². The zero-order chi connectivity index (χ0) is 34.4. The lowest BCUT2D eigenvalue weighted by atomic mass is 9.44. The standard InChI is InChI=1S/C23H36O3.C20H32O2/c1-5-21(25)26-20-9-8-17-16-7-6-15-12-19(24)14(2)13-23(15,4)18(16)10-11-22(17,20)3;1-12-11-20(3)13(10-17(12)21)4-5-14-15-6-7-18(22)19(15,2)9-8-16(14)20/h14-18,20H,5-13H2,1-4H3;12-16,18,22H,4-11H2,1-3H3/t14-,15+,16+,17+,18+,20+,22+,23+;12-,13+,14+,15+,16+,18+,19+,20+/m11/s1. The number of aliphatic hydroxyl groups excluding tert-OH is 1. The van der Waals surface area contributed by atoms with Crippen LogP contribution in [0.3, 0.4) is 0 Å². The van der Waals surface area contributed by atoms with Crippen molar-refractivity contribution in [3.05, 3.63) is 0 Å². The molecule has 0 aromatic carbocycles. The van der Waals surface area contributed by atoms with Crippen LogP contribution in [-0.4, -0.2) is 34.9 Å². The fourth-order valence-corrected chi connectivity index (χ4v) is 15.2. The lowest BCUT2D eigenvalue weighted by molar-refractivity contribution is -0.165. The van der Waals surface area contributed by atoms with Gasteiger partial charge in [0.15, 0.2) is 0 Å². The van der Waals surface area contributed by atoms with E-state index in [2.05, 4.69) is 41.5 Å². The number of fused-ring (bicyclic) bond motifs is 10. The first-order valence-electron chi connectivity index (χ1n) is 20.6. The van der Waals surface area contributed by atoms with Gasteiger partial charge in [-0.3, -0.25) is 14.4 Å². The van der Waals surface area contributed by atoms with Crippen molar-refractivity contribution in [3.63, 3.8) is 0 Å². The van der Waals surface area contributed by atoms with E-state index < -0.39 is 0 Å². The van der Waals surface area contributed by atoms with Crippen molar-refractivity contribution in [1.29, 1.82) is 0 Å². The zero-order valence-electron chi connectivity index (χ0n) is 31.5. The number of hydrogen-bond acceptors (Lipinski definition) is 5. The quantitative estimate of drug-likeness (QED) is 0.298. The number of carbonyl (C=O) groups is 3. The van der Waals surface area contributed by atoms with Gasteiger partial charge in [0.05, 0.1) is 6.10 Å². The van der Waals surface area contributed by atoms with Crippen molar-refractivity contribution < 1.29 is 24.2 Å². The molecule has 0 aliphatic heterocycles. The van der Waals surface area contributed by atoms with E-state index in [0.29, 0.717) is 46.6 Å². The predicted octanol–water partition coefficient (Wildman–Crippen LogP) is 9.37. The van der Waals surface area contributed by atoms with Crippen LogP contribution < -0.4 is 0 Å². The number of rotatable bonds is 2. The molecule has 8 fully saturated rings. The van der Waals surface area contributed by atoms with Crippen molar-refractivity contribution in [2.45, 2.75) is 170 Å². The van der Waals surface area contributed by atoms with Gasteiger partial charge in [0.1, 0.15) is 17.7 Å². The summed E-state index contributed by atoms with van der Waals surface area (Å²) in [6.45, 7) is 16.0. The molecule has 8 aliphatic carbocycles. The maximum Gasteiger partial charge on any atom is 0.305 e. The van der Waals surface area contributed by atoms with Crippen LogP contribution in [0.25, 0.3) is 0 Å². The molecule has 1 N–H and O–H groups in total. The van der Waals surface area contributed by atoms with Crippen molar-refractivity contribution in [3.8, 4) is 0 Å². The minimum absolute atomic E-state index is 0.0331. The number of hydrogen-bond donors (Lipinski definition) is 1. The normalized spacial score (nSPS) is 53.9. The summed E-state index contributed by atoms with van der Waals surface area (Å²) in [7, 11) is 0. The summed E-state index contributed by atoms with van der Waals surface area (Å²) >= 11 is 0. The van der Waals surface area contributed by atoms with Gasteiger partial charge < -0.3 is 9.84 Å². The Morgan fingerprint density at radius 1 is 0.646 bits per heavy atom. The molecule has 5 nitrogen and oxygen atoms in total. The SMILES string of the molecule is CCC(=O)O[C@H]1CC[C@H]2[C@@H]3CC[C@H]4CC(=O)[C@H](C)C[C@]4(C)[C@H]3CC[C@]12C.C[C@@H]1C[C@@]2(C)[C@@H](CC[C@@H]3[C@@H]2CC[C@]2(C)[C@@H](O)CC[C@@H]32)CC1=O. The summed E-state index contributed by atoms with van der Waals surface area (Å²) in [5.41, 5.74) is 1.08. The van der Waals surface area contributed by atoms with E-state index in [9.17, 15) is 19.5 Å². The van der Waals surface area contributed by atoms with Gasteiger partial charge in [-0.15, -0.1) is 0 Å². The maximum atomic E-state index is 12.3. The van der Waals surface area contributed by atoms with Crippen molar-refractivity contribution in [1.82, 2.24) is 0 Å². The third kappa shape index (κ3) is 5.34. The molecule has 8 rings (SSSR count). The summed E-state index contributed by atoms with van der Waals surface area (Å²) in [6, 6.07) is 0. The van der Waals surface area contributed by atoms with E-state index in [0.717, 1.165) is 68.1 Å². The summed E-state index contributed by atoms with van der Waals surface area (Å²) in [4.78, 5) is 36.4. The third-order valence-electron chi connectivity index (χ3n) is 18.0. The Morgan fingerprint density at radius 3 is 1.62 bits per heavy atom. The second-order valence-corrected chi connectivity index (χ2v) is 20.0. The summed E-state index contributed by atoms with van der Waals surface area (Å²) in [5, 5.41) is 10.5. The molecule has 0 unspecified atom stereocenters. The topological polar surface area (TPSA) is 80.7 Å². The minimum atomic E-state index is -0.0733. The molecule has 0 saturated heterocycles. The van der Waals surface area contributed by atoms with Crippen molar-refractivity contribution >= 4 is 17.5 Å². The Bertz CT molecular complexity index is 1280. The van der Waals surface area contributed by atoms with Crippen molar-refractivity contribution in [2.24, 2.45) is 80.8 Å². The van der Waals surface area contributed by atoms with Gasteiger partial charge in [-0.05, 0) is 153 Å². The molecule has 0 radical (unpaired) electrons. The summed E-state index contributed by atoms with van der Waals surface area (Å²) in [6.07, 6.45) is 18.9. The minimum Gasteiger partial charge on any atom is -0.462 e. The van der Waals surface area contributed by atoms with Crippen LogP contribution in [0.1, 0.15) is 158 Å². The average Bonchev–Trinajstić information content (AvgIpc) is 3.54. The number of ketones is 2. The molecule has 5 heteroatoms. The summed E-state index contributed by atoms with van der Waals surface area (Å²) in [5.74, 6) is 7.27. The molecule has 16 atom stereocenters. The van der Waals surface area contributed by atoms with Gasteiger partial charge in [-0.25, -0.2) is 0 Å². The Morgan fingerprint density at radius 2 is 1.10 bits per heavy atom. The highest BCUT2D eigenvalue weighted by molar-refractivity contribution is 5.82. The second kappa shape index (κ2) is 12.5. The maximum absolute atomic E-state index is 12.3. The molecule has 0 amide bonds. The highest BCUT2D eigenvalue weighted by Gasteiger charge is 2.63. The Kier molecular flexibility index (Phi) is 9.14.